The van der Waals surface area contributed by atoms with E-state index in [4.69, 9.17) is 4.74 Å². The zero-order chi connectivity index (χ0) is 25.3. The van der Waals surface area contributed by atoms with Crippen LogP contribution in [-0.4, -0.2) is 67.1 Å². The Hall–Kier alpha value is -3.62. The molecule has 4 rings (SSSR count). The van der Waals surface area contributed by atoms with Gasteiger partial charge in [-0.15, -0.1) is 0 Å². The number of unbranched alkanes of at least 4 members (excludes halogenated alkanes) is 2. The smallest absolute Gasteiger partial charge is 0.320 e. The van der Waals surface area contributed by atoms with E-state index >= 15 is 0 Å². The maximum atomic E-state index is 13.2. The standard InChI is InChI=1S/C27H36N6O3/c1-3-4-5-12-28-29-18-22-9-8-10-25(30-22)31-26(34)23-16-21-19-33(27(35)32-13-6-7-14-32)15-11-20(21)17-24(23)36-2/h8-10,12,16-18,25,30H,3-7,11,13-15,19H2,1-2H3,(H,31,34)/b28-12+,29-18+. The average molecular weight is 493 g/mol. The highest BCUT2D eigenvalue weighted by atomic mass is 16.5. The number of hydrogen-bond acceptors (Lipinski definition) is 6. The lowest BCUT2D eigenvalue weighted by Crippen LogP contribution is -2.45. The van der Waals surface area contributed by atoms with E-state index < -0.39 is 6.17 Å². The lowest BCUT2D eigenvalue weighted by molar-refractivity contribution is 0.0937. The summed E-state index contributed by atoms with van der Waals surface area (Å²) in [4.78, 5) is 29.9. The highest BCUT2D eigenvalue weighted by Gasteiger charge is 2.28. The van der Waals surface area contributed by atoms with Gasteiger partial charge in [-0.2, -0.15) is 10.2 Å². The number of ether oxygens (including phenoxy) is 1. The highest BCUT2D eigenvalue weighted by molar-refractivity contribution is 5.97. The van der Waals surface area contributed by atoms with Gasteiger partial charge in [0.25, 0.3) is 5.91 Å². The van der Waals surface area contributed by atoms with Crippen molar-refractivity contribution in [3.8, 4) is 5.75 Å². The first-order chi connectivity index (χ1) is 17.6. The summed E-state index contributed by atoms with van der Waals surface area (Å²) >= 11 is 0. The number of likely N-dealkylation sites (tertiary alicyclic amines) is 1. The number of rotatable bonds is 8. The summed E-state index contributed by atoms with van der Waals surface area (Å²) in [5, 5.41) is 14.4. The van der Waals surface area contributed by atoms with Crippen molar-refractivity contribution < 1.29 is 14.3 Å². The quantitative estimate of drug-likeness (QED) is 0.329. The van der Waals surface area contributed by atoms with Crippen LogP contribution in [0.3, 0.4) is 0 Å². The first kappa shape index (κ1) is 25.5. The molecule has 0 aromatic heterocycles. The normalized spacial score (nSPS) is 19.4. The predicted molar refractivity (Wildman–Crippen MR) is 141 cm³/mol. The van der Waals surface area contributed by atoms with Crippen LogP contribution in [0.2, 0.25) is 0 Å². The zero-order valence-corrected chi connectivity index (χ0v) is 21.2. The maximum absolute atomic E-state index is 13.2. The third-order valence-electron chi connectivity index (χ3n) is 6.65. The number of dihydropyridines is 1. The Morgan fingerprint density at radius 1 is 1.17 bits per heavy atom. The van der Waals surface area contributed by atoms with E-state index in [0.29, 0.717) is 24.4 Å². The Labute approximate surface area is 213 Å². The number of allylic oxidation sites excluding steroid dienone is 3. The topological polar surface area (TPSA) is 98.6 Å². The van der Waals surface area contributed by atoms with Gasteiger partial charge in [-0.05, 0) is 67.5 Å². The first-order valence-corrected chi connectivity index (χ1v) is 12.8. The van der Waals surface area contributed by atoms with Crippen LogP contribution in [0.1, 0.15) is 60.5 Å². The van der Waals surface area contributed by atoms with Crippen LogP contribution in [-0.2, 0) is 13.0 Å². The molecule has 1 atom stereocenters. The summed E-state index contributed by atoms with van der Waals surface area (Å²) in [6, 6.07) is 3.88. The molecule has 0 saturated carbocycles. The van der Waals surface area contributed by atoms with E-state index in [9.17, 15) is 9.59 Å². The number of carbonyl (C=O) groups is 2. The molecule has 3 heterocycles. The fourth-order valence-corrected chi connectivity index (χ4v) is 4.63. The Morgan fingerprint density at radius 3 is 2.78 bits per heavy atom. The van der Waals surface area contributed by atoms with Gasteiger partial charge >= 0.3 is 6.03 Å². The molecule has 1 saturated heterocycles. The van der Waals surface area contributed by atoms with Crippen molar-refractivity contribution in [3.05, 3.63) is 52.7 Å². The number of hydrogen-bond donors (Lipinski definition) is 2. The number of methoxy groups -OCH3 is 1. The van der Waals surface area contributed by atoms with Crippen LogP contribution in [0, 0.1) is 0 Å². The molecule has 1 fully saturated rings. The second-order valence-electron chi connectivity index (χ2n) is 9.26. The monoisotopic (exact) mass is 492 g/mol. The molecule has 192 valence electrons. The number of nitrogens with one attached hydrogen (secondary N) is 2. The Bertz CT molecular complexity index is 1070. The maximum Gasteiger partial charge on any atom is 0.320 e. The molecular weight excluding hydrogens is 456 g/mol. The van der Waals surface area contributed by atoms with Crippen LogP contribution in [0.4, 0.5) is 4.79 Å². The lowest BCUT2D eigenvalue weighted by atomic mass is 9.96. The van der Waals surface area contributed by atoms with Crippen molar-refractivity contribution >= 4 is 24.4 Å². The van der Waals surface area contributed by atoms with Crippen molar-refractivity contribution in [2.45, 2.75) is 58.2 Å². The Kier molecular flexibility index (Phi) is 8.76. The third kappa shape index (κ3) is 6.33. The molecule has 9 nitrogen and oxygen atoms in total. The van der Waals surface area contributed by atoms with Gasteiger partial charge in [-0.3, -0.25) is 4.79 Å². The minimum absolute atomic E-state index is 0.0900. The van der Waals surface area contributed by atoms with E-state index in [1.807, 2.05) is 40.2 Å². The Balaban J connectivity index is 1.40. The molecule has 0 bridgehead atoms. The van der Waals surface area contributed by atoms with Crippen LogP contribution in [0.25, 0.3) is 0 Å². The third-order valence-corrected chi connectivity index (χ3v) is 6.65. The van der Waals surface area contributed by atoms with E-state index in [0.717, 1.165) is 68.4 Å². The number of amides is 3. The number of carbonyl (C=O) groups excluding carboxylic acids is 2. The molecule has 0 radical (unpaired) electrons. The minimum Gasteiger partial charge on any atom is -0.496 e. The molecule has 1 aromatic carbocycles. The van der Waals surface area contributed by atoms with Gasteiger partial charge < -0.3 is 25.2 Å². The molecule has 0 aliphatic carbocycles. The second-order valence-corrected chi connectivity index (χ2v) is 9.26. The van der Waals surface area contributed by atoms with E-state index in [-0.39, 0.29) is 11.9 Å². The fraction of sp³-hybridized carbons (Fsp3) is 0.481. The van der Waals surface area contributed by atoms with Gasteiger partial charge in [-0.1, -0.05) is 19.4 Å². The number of benzene rings is 1. The van der Waals surface area contributed by atoms with Gasteiger partial charge in [0.1, 0.15) is 11.9 Å². The summed E-state index contributed by atoms with van der Waals surface area (Å²) in [7, 11) is 1.57. The zero-order valence-electron chi connectivity index (χ0n) is 21.2. The molecule has 2 N–H and O–H groups in total. The summed E-state index contributed by atoms with van der Waals surface area (Å²) in [5.41, 5.74) is 3.31. The number of urea groups is 1. The van der Waals surface area contributed by atoms with Crippen LogP contribution in [0.15, 0.2) is 46.3 Å². The number of fused-ring (bicyclic) bond motifs is 1. The number of nitrogens with zero attached hydrogens (tertiary/aromatic N) is 4. The van der Waals surface area contributed by atoms with Crippen LogP contribution >= 0.6 is 0 Å². The molecule has 1 unspecified atom stereocenters. The van der Waals surface area contributed by atoms with Gasteiger partial charge in [0, 0.05) is 32.4 Å². The molecule has 3 amide bonds. The molecule has 0 spiro atoms. The molecule has 36 heavy (non-hydrogen) atoms. The van der Waals surface area contributed by atoms with Crippen molar-refractivity contribution in [1.29, 1.82) is 0 Å². The lowest BCUT2D eigenvalue weighted by Gasteiger charge is -2.32. The minimum atomic E-state index is -0.401. The van der Waals surface area contributed by atoms with Crippen LogP contribution < -0.4 is 15.4 Å². The van der Waals surface area contributed by atoms with Crippen molar-refractivity contribution in [1.82, 2.24) is 20.4 Å². The van der Waals surface area contributed by atoms with Gasteiger partial charge in [-0.25, -0.2) is 4.79 Å². The van der Waals surface area contributed by atoms with Gasteiger partial charge in [0.2, 0.25) is 0 Å². The Morgan fingerprint density at radius 2 is 2.00 bits per heavy atom. The molecule has 1 aromatic rings. The SMILES string of the molecule is CCCC/C=N/N=C/C1=CC=CC(NC(=O)c2cc3c(cc2OC)CCN(C(=O)N2CCCC2)C3)N1. The van der Waals surface area contributed by atoms with Crippen molar-refractivity contribution in [2.75, 3.05) is 26.7 Å². The second kappa shape index (κ2) is 12.4. The van der Waals surface area contributed by atoms with Gasteiger partial charge in [0.15, 0.2) is 0 Å². The van der Waals surface area contributed by atoms with E-state index in [2.05, 4.69) is 27.8 Å². The summed E-state index contributed by atoms with van der Waals surface area (Å²) in [6.45, 7) is 4.96. The van der Waals surface area contributed by atoms with Gasteiger partial charge in [0.05, 0.1) is 24.6 Å². The highest BCUT2D eigenvalue weighted by Crippen LogP contribution is 2.29. The fourth-order valence-electron chi connectivity index (χ4n) is 4.63. The largest absolute Gasteiger partial charge is 0.496 e. The molecule has 9 heteroatoms. The van der Waals surface area contributed by atoms with Crippen molar-refractivity contribution in [3.63, 3.8) is 0 Å². The van der Waals surface area contributed by atoms with Crippen molar-refractivity contribution in [2.24, 2.45) is 10.2 Å². The van der Waals surface area contributed by atoms with E-state index in [1.54, 1.807) is 19.5 Å². The summed E-state index contributed by atoms with van der Waals surface area (Å²) in [5.74, 6) is 0.277. The molecule has 3 aliphatic rings. The average Bonchev–Trinajstić information content (AvgIpc) is 3.44. The van der Waals surface area contributed by atoms with E-state index in [1.165, 1.54) is 0 Å². The first-order valence-electron chi connectivity index (χ1n) is 12.8. The summed E-state index contributed by atoms with van der Waals surface area (Å²) < 4.78 is 5.56. The molecule has 3 aliphatic heterocycles. The molecular formula is C27H36N6O3. The van der Waals surface area contributed by atoms with Crippen LogP contribution in [0.5, 0.6) is 5.75 Å². The predicted octanol–water partition coefficient (Wildman–Crippen LogP) is 3.62. The summed E-state index contributed by atoms with van der Waals surface area (Å²) in [6.07, 6.45) is 14.6.